The van der Waals surface area contributed by atoms with Gasteiger partial charge in [0.25, 0.3) is 0 Å². The van der Waals surface area contributed by atoms with Crippen molar-refractivity contribution in [2.75, 3.05) is 40.4 Å². The van der Waals surface area contributed by atoms with Crippen molar-refractivity contribution in [3.8, 4) is 17.2 Å². The SMILES string of the molecule is COc1cc(C=NN2CCN(Cc3ccccc3)CC2)cc(OC)c1O. The summed E-state index contributed by atoms with van der Waals surface area (Å²) >= 11 is 0. The largest absolute Gasteiger partial charge is 0.502 e. The number of phenolic OH excluding ortho intramolecular Hbond substituents is 1. The van der Waals surface area contributed by atoms with Crippen LogP contribution in [-0.4, -0.2) is 61.6 Å². The standard InChI is InChI=1S/C20H25N3O3/c1-25-18-12-17(13-19(26-2)20(18)24)14-21-23-10-8-22(9-11-23)15-16-6-4-3-5-7-16/h3-7,12-14,24H,8-11,15H2,1-2H3. The van der Waals surface area contributed by atoms with Crippen molar-refractivity contribution in [3.05, 3.63) is 53.6 Å². The lowest BCUT2D eigenvalue weighted by Crippen LogP contribution is -2.43. The van der Waals surface area contributed by atoms with Crippen LogP contribution in [0.5, 0.6) is 17.2 Å². The number of nitrogens with zero attached hydrogens (tertiary/aromatic N) is 3. The number of hydrogen-bond donors (Lipinski definition) is 1. The predicted molar refractivity (Wildman–Crippen MR) is 102 cm³/mol. The third-order valence-electron chi connectivity index (χ3n) is 4.47. The van der Waals surface area contributed by atoms with Crippen LogP contribution in [0.1, 0.15) is 11.1 Å². The summed E-state index contributed by atoms with van der Waals surface area (Å²) in [5.41, 5.74) is 2.16. The second-order valence-corrected chi connectivity index (χ2v) is 6.23. The molecule has 1 fully saturated rings. The highest BCUT2D eigenvalue weighted by molar-refractivity contribution is 5.82. The summed E-state index contributed by atoms with van der Waals surface area (Å²) < 4.78 is 10.4. The normalized spacial score (nSPS) is 15.4. The Kier molecular flexibility index (Phi) is 5.96. The third-order valence-corrected chi connectivity index (χ3v) is 4.47. The van der Waals surface area contributed by atoms with Crippen LogP contribution in [0, 0.1) is 0 Å². The minimum atomic E-state index is 0.00155. The molecule has 2 aromatic rings. The second-order valence-electron chi connectivity index (χ2n) is 6.23. The zero-order valence-electron chi connectivity index (χ0n) is 15.3. The number of methoxy groups -OCH3 is 2. The van der Waals surface area contributed by atoms with Crippen molar-refractivity contribution in [1.82, 2.24) is 9.91 Å². The highest BCUT2D eigenvalue weighted by Gasteiger charge is 2.15. The number of phenols is 1. The predicted octanol–water partition coefficient (Wildman–Crippen LogP) is 2.56. The summed E-state index contributed by atoms with van der Waals surface area (Å²) in [5, 5.41) is 16.6. The molecule has 2 aromatic carbocycles. The summed E-state index contributed by atoms with van der Waals surface area (Å²) in [4.78, 5) is 2.44. The Bertz CT molecular complexity index is 716. The molecule has 6 heteroatoms. The van der Waals surface area contributed by atoms with Gasteiger partial charge in [-0.05, 0) is 17.7 Å². The van der Waals surface area contributed by atoms with Gasteiger partial charge < -0.3 is 14.6 Å². The maximum atomic E-state index is 9.97. The molecule has 1 N–H and O–H groups in total. The van der Waals surface area contributed by atoms with Crippen molar-refractivity contribution in [3.63, 3.8) is 0 Å². The zero-order valence-corrected chi connectivity index (χ0v) is 15.3. The number of aromatic hydroxyl groups is 1. The van der Waals surface area contributed by atoms with Crippen molar-refractivity contribution < 1.29 is 14.6 Å². The molecule has 0 atom stereocenters. The van der Waals surface area contributed by atoms with Crippen LogP contribution < -0.4 is 9.47 Å². The van der Waals surface area contributed by atoms with Crippen LogP contribution in [0.3, 0.4) is 0 Å². The molecule has 0 aliphatic carbocycles. The van der Waals surface area contributed by atoms with Gasteiger partial charge in [0.2, 0.25) is 5.75 Å². The van der Waals surface area contributed by atoms with E-state index in [1.165, 1.54) is 19.8 Å². The molecule has 0 radical (unpaired) electrons. The minimum Gasteiger partial charge on any atom is -0.502 e. The topological polar surface area (TPSA) is 57.5 Å². The van der Waals surface area contributed by atoms with Gasteiger partial charge >= 0.3 is 0 Å². The van der Waals surface area contributed by atoms with E-state index in [-0.39, 0.29) is 5.75 Å². The number of piperazine rings is 1. The van der Waals surface area contributed by atoms with Gasteiger partial charge in [-0.15, -0.1) is 0 Å². The molecule has 0 saturated carbocycles. The number of hydrogen-bond acceptors (Lipinski definition) is 6. The van der Waals surface area contributed by atoms with Gasteiger partial charge in [0.05, 0.1) is 20.4 Å². The summed E-state index contributed by atoms with van der Waals surface area (Å²) in [6, 6.07) is 14.0. The molecule has 0 unspecified atom stereocenters. The van der Waals surface area contributed by atoms with E-state index < -0.39 is 0 Å². The number of hydrazone groups is 1. The molecule has 0 bridgehead atoms. The molecule has 1 saturated heterocycles. The Labute approximate surface area is 154 Å². The van der Waals surface area contributed by atoms with Crippen LogP contribution in [0.25, 0.3) is 0 Å². The maximum Gasteiger partial charge on any atom is 0.200 e. The molecule has 0 aromatic heterocycles. The molecule has 3 rings (SSSR count). The molecule has 0 spiro atoms. The first kappa shape index (κ1) is 18.1. The summed E-state index contributed by atoms with van der Waals surface area (Å²) in [6.45, 7) is 4.71. The number of rotatable bonds is 6. The first-order valence-electron chi connectivity index (χ1n) is 8.70. The lowest BCUT2D eigenvalue weighted by atomic mass is 10.2. The van der Waals surface area contributed by atoms with E-state index in [0.717, 1.165) is 38.3 Å². The fraction of sp³-hybridized carbons (Fsp3) is 0.350. The molecule has 1 aliphatic heterocycles. The van der Waals surface area contributed by atoms with E-state index in [2.05, 4.69) is 39.3 Å². The van der Waals surface area contributed by atoms with E-state index in [9.17, 15) is 5.11 Å². The van der Waals surface area contributed by atoms with Crippen molar-refractivity contribution in [2.24, 2.45) is 5.10 Å². The molecule has 0 amide bonds. The first-order chi connectivity index (χ1) is 12.7. The summed E-state index contributed by atoms with van der Waals surface area (Å²) in [6.07, 6.45) is 1.78. The molecule has 1 aliphatic rings. The van der Waals surface area contributed by atoms with Gasteiger partial charge in [0, 0.05) is 38.3 Å². The van der Waals surface area contributed by atoms with Crippen molar-refractivity contribution in [2.45, 2.75) is 6.54 Å². The maximum absolute atomic E-state index is 9.97. The van der Waals surface area contributed by atoms with Crippen LogP contribution in [-0.2, 0) is 6.54 Å². The average molecular weight is 355 g/mol. The fourth-order valence-corrected chi connectivity index (χ4v) is 2.99. The van der Waals surface area contributed by atoms with Gasteiger partial charge in [0.15, 0.2) is 11.5 Å². The van der Waals surface area contributed by atoms with Gasteiger partial charge in [-0.1, -0.05) is 30.3 Å². The molecule has 138 valence electrons. The average Bonchev–Trinajstić information content (AvgIpc) is 2.69. The Morgan fingerprint density at radius 3 is 2.19 bits per heavy atom. The Morgan fingerprint density at radius 2 is 1.62 bits per heavy atom. The minimum absolute atomic E-state index is 0.00155. The second kappa shape index (κ2) is 8.58. The lowest BCUT2D eigenvalue weighted by Gasteiger charge is -2.33. The highest BCUT2D eigenvalue weighted by Crippen LogP contribution is 2.36. The molecule has 26 heavy (non-hydrogen) atoms. The molecular weight excluding hydrogens is 330 g/mol. The Hall–Kier alpha value is -2.73. The molecule has 1 heterocycles. The Balaban J connectivity index is 1.57. The van der Waals surface area contributed by atoms with Gasteiger partial charge in [-0.2, -0.15) is 5.10 Å². The van der Waals surface area contributed by atoms with Crippen LogP contribution in [0.4, 0.5) is 0 Å². The van der Waals surface area contributed by atoms with Crippen LogP contribution in [0.2, 0.25) is 0 Å². The van der Waals surface area contributed by atoms with Crippen molar-refractivity contribution in [1.29, 1.82) is 0 Å². The highest BCUT2D eigenvalue weighted by atomic mass is 16.5. The quantitative estimate of drug-likeness (QED) is 0.807. The monoisotopic (exact) mass is 355 g/mol. The van der Waals surface area contributed by atoms with Crippen LogP contribution in [0.15, 0.2) is 47.6 Å². The van der Waals surface area contributed by atoms with E-state index >= 15 is 0 Å². The van der Waals surface area contributed by atoms with Gasteiger partial charge in [-0.25, -0.2) is 0 Å². The summed E-state index contributed by atoms with van der Waals surface area (Å²) in [5.74, 6) is 0.749. The lowest BCUT2D eigenvalue weighted by molar-refractivity contribution is 0.131. The first-order valence-corrected chi connectivity index (χ1v) is 8.70. The van der Waals surface area contributed by atoms with Crippen molar-refractivity contribution >= 4 is 6.21 Å². The van der Waals surface area contributed by atoms with E-state index in [1.807, 2.05) is 6.07 Å². The van der Waals surface area contributed by atoms with E-state index in [4.69, 9.17) is 9.47 Å². The van der Waals surface area contributed by atoms with Crippen LogP contribution >= 0.6 is 0 Å². The number of ether oxygens (including phenoxy) is 2. The van der Waals surface area contributed by atoms with Gasteiger partial charge in [0.1, 0.15) is 0 Å². The van der Waals surface area contributed by atoms with Gasteiger partial charge in [-0.3, -0.25) is 9.91 Å². The zero-order chi connectivity index (χ0) is 18.4. The fourth-order valence-electron chi connectivity index (χ4n) is 2.99. The van der Waals surface area contributed by atoms with E-state index in [0.29, 0.717) is 11.5 Å². The smallest absolute Gasteiger partial charge is 0.200 e. The van der Waals surface area contributed by atoms with E-state index in [1.54, 1.807) is 18.3 Å². The number of benzene rings is 2. The molecule has 6 nitrogen and oxygen atoms in total. The molecular formula is C20H25N3O3. The third kappa shape index (κ3) is 4.46. The Morgan fingerprint density at radius 1 is 1.00 bits per heavy atom. The summed E-state index contributed by atoms with van der Waals surface area (Å²) in [7, 11) is 3.03.